The van der Waals surface area contributed by atoms with Gasteiger partial charge in [0.05, 0.1) is 5.56 Å². The average molecular weight is 362 g/mol. The van der Waals surface area contributed by atoms with E-state index in [1.807, 2.05) is 0 Å². The molecule has 0 spiro atoms. The quantitative estimate of drug-likeness (QED) is 0.878. The van der Waals surface area contributed by atoms with Gasteiger partial charge < -0.3 is 15.0 Å². The third-order valence-corrected chi connectivity index (χ3v) is 4.78. The predicted octanol–water partition coefficient (Wildman–Crippen LogP) is 2.84. The number of hydrogen-bond acceptors (Lipinski definition) is 3. The number of carbonyl (C=O) groups excluding carboxylic acids is 1. The van der Waals surface area contributed by atoms with Gasteiger partial charge in [-0.2, -0.15) is 0 Å². The highest BCUT2D eigenvalue weighted by Crippen LogP contribution is 2.25. The van der Waals surface area contributed by atoms with Crippen LogP contribution in [0.5, 0.6) is 5.75 Å². The second kappa shape index (κ2) is 7.68. The third-order valence-electron chi connectivity index (χ3n) is 4.78. The standard InChI is InChI=1S/C19H20F2N2O3/c20-14-6-5-13(16(21)8-14)4-3-12-2-1-7-23(11-12)19(26)15-10-22-18(25)9-17(15)24/h5-6,8-10,12H,1-4,7,11H2,(H2,22,24,25)/t12-/m0/s1. The summed E-state index contributed by atoms with van der Waals surface area (Å²) in [5.74, 6) is -1.62. The smallest absolute Gasteiger partial charge is 0.259 e. The summed E-state index contributed by atoms with van der Waals surface area (Å²) in [6, 6.07) is 4.56. The molecule has 1 saturated heterocycles. The Bertz CT molecular complexity index is 866. The number of aromatic nitrogens is 1. The molecule has 0 unspecified atom stereocenters. The van der Waals surface area contributed by atoms with Crippen LogP contribution in [-0.4, -0.2) is 34.0 Å². The minimum absolute atomic E-state index is 0.0647. The SMILES string of the molecule is O=C(c1c[nH]c(=O)cc1O)N1CCC[C@@H](CCc2ccc(F)cc2F)C1. The monoisotopic (exact) mass is 362 g/mol. The topological polar surface area (TPSA) is 73.4 Å². The van der Waals surface area contributed by atoms with Crippen molar-refractivity contribution >= 4 is 5.91 Å². The number of aryl methyl sites for hydroxylation is 1. The normalized spacial score (nSPS) is 17.3. The molecule has 26 heavy (non-hydrogen) atoms. The van der Waals surface area contributed by atoms with Crippen molar-refractivity contribution in [1.82, 2.24) is 9.88 Å². The zero-order valence-electron chi connectivity index (χ0n) is 14.2. The van der Waals surface area contributed by atoms with Crippen LogP contribution in [0.3, 0.4) is 0 Å². The zero-order chi connectivity index (χ0) is 18.7. The molecule has 2 N–H and O–H groups in total. The van der Waals surface area contributed by atoms with Gasteiger partial charge >= 0.3 is 0 Å². The van der Waals surface area contributed by atoms with Crippen molar-refractivity contribution in [2.75, 3.05) is 13.1 Å². The second-order valence-corrected chi connectivity index (χ2v) is 6.63. The van der Waals surface area contributed by atoms with E-state index in [0.29, 0.717) is 31.5 Å². The number of H-pyrrole nitrogens is 1. The Kier molecular flexibility index (Phi) is 5.35. The molecule has 1 aliphatic rings. The number of rotatable bonds is 4. The van der Waals surface area contributed by atoms with Gasteiger partial charge in [0.15, 0.2) is 0 Å². The molecule has 1 atom stereocenters. The van der Waals surface area contributed by atoms with Crippen molar-refractivity contribution in [3.63, 3.8) is 0 Å². The fraction of sp³-hybridized carbons (Fsp3) is 0.368. The van der Waals surface area contributed by atoms with E-state index < -0.39 is 17.2 Å². The molecule has 1 aliphatic heterocycles. The maximum Gasteiger partial charge on any atom is 0.259 e. The van der Waals surface area contributed by atoms with Gasteiger partial charge in [0.2, 0.25) is 0 Å². The Morgan fingerprint density at radius 3 is 2.85 bits per heavy atom. The number of nitrogens with one attached hydrogen (secondary N) is 1. The molecular weight excluding hydrogens is 342 g/mol. The summed E-state index contributed by atoms with van der Waals surface area (Å²) in [5.41, 5.74) is 0.0554. The van der Waals surface area contributed by atoms with E-state index in [0.717, 1.165) is 25.0 Å². The van der Waals surface area contributed by atoms with Gasteiger partial charge in [-0.1, -0.05) is 6.07 Å². The van der Waals surface area contributed by atoms with Crippen molar-refractivity contribution in [3.05, 3.63) is 63.6 Å². The molecule has 0 bridgehead atoms. The second-order valence-electron chi connectivity index (χ2n) is 6.63. The van der Waals surface area contributed by atoms with Crippen molar-refractivity contribution in [3.8, 4) is 5.75 Å². The number of amides is 1. The van der Waals surface area contributed by atoms with Crippen LogP contribution in [-0.2, 0) is 6.42 Å². The summed E-state index contributed by atoms with van der Waals surface area (Å²) in [7, 11) is 0. The lowest BCUT2D eigenvalue weighted by Crippen LogP contribution is -2.40. The first-order chi connectivity index (χ1) is 12.4. The van der Waals surface area contributed by atoms with Gasteiger partial charge in [0.1, 0.15) is 17.4 Å². The fourth-order valence-electron chi connectivity index (χ4n) is 3.37. The van der Waals surface area contributed by atoms with E-state index in [2.05, 4.69) is 4.98 Å². The van der Waals surface area contributed by atoms with Crippen molar-refractivity contribution < 1.29 is 18.7 Å². The zero-order valence-corrected chi connectivity index (χ0v) is 14.2. The van der Waals surface area contributed by atoms with E-state index in [1.165, 1.54) is 18.3 Å². The molecular formula is C19H20F2N2O3. The van der Waals surface area contributed by atoms with Gasteiger partial charge in [0, 0.05) is 31.4 Å². The number of halogens is 2. The maximum absolute atomic E-state index is 13.7. The molecule has 0 saturated carbocycles. The lowest BCUT2D eigenvalue weighted by Gasteiger charge is -2.33. The first-order valence-electron chi connectivity index (χ1n) is 8.59. The minimum atomic E-state index is -0.596. The lowest BCUT2D eigenvalue weighted by atomic mass is 9.91. The highest BCUT2D eigenvalue weighted by molar-refractivity contribution is 5.96. The Balaban J connectivity index is 1.63. The van der Waals surface area contributed by atoms with Crippen LogP contribution in [0.15, 0.2) is 35.3 Å². The summed E-state index contributed by atoms with van der Waals surface area (Å²) in [6.07, 6.45) is 4.11. The molecule has 2 heterocycles. The summed E-state index contributed by atoms with van der Waals surface area (Å²) in [4.78, 5) is 27.8. The number of carbonyl (C=O) groups is 1. The number of hydrogen-bond donors (Lipinski definition) is 2. The van der Waals surface area contributed by atoms with Gasteiger partial charge in [-0.15, -0.1) is 0 Å². The first-order valence-corrected chi connectivity index (χ1v) is 8.59. The molecule has 1 amide bonds. The maximum atomic E-state index is 13.7. The summed E-state index contributed by atoms with van der Waals surface area (Å²) in [6.45, 7) is 1.07. The molecule has 138 valence electrons. The van der Waals surface area contributed by atoms with Crippen molar-refractivity contribution in [1.29, 1.82) is 0 Å². The predicted molar refractivity (Wildman–Crippen MR) is 92.0 cm³/mol. The van der Waals surface area contributed by atoms with Gasteiger partial charge in [-0.3, -0.25) is 9.59 Å². The van der Waals surface area contributed by atoms with E-state index in [1.54, 1.807) is 4.90 Å². The molecule has 3 rings (SSSR count). The van der Waals surface area contributed by atoms with E-state index in [9.17, 15) is 23.5 Å². The third kappa shape index (κ3) is 4.09. The van der Waals surface area contributed by atoms with Gasteiger partial charge in [-0.05, 0) is 43.2 Å². The Morgan fingerprint density at radius 1 is 1.31 bits per heavy atom. The lowest BCUT2D eigenvalue weighted by molar-refractivity contribution is 0.0664. The summed E-state index contributed by atoms with van der Waals surface area (Å²) in [5, 5.41) is 9.82. The average Bonchev–Trinajstić information content (AvgIpc) is 2.61. The number of aromatic hydroxyl groups is 1. The molecule has 1 fully saturated rings. The summed E-state index contributed by atoms with van der Waals surface area (Å²) < 4.78 is 26.7. The number of pyridine rings is 1. The molecule has 2 aromatic rings. The number of piperidine rings is 1. The fourth-order valence-corrected chi connectivity index (χ4v) is 3.37. The van der Waals surface area contributed by atoms with Crippen LogP contribution < -0.4 is 5.56 Å². The first kappa shape index (κ1) is 18.1. The molecule has 7 heteroatoms. The van der Waals surface area contributed by atoms with Crippen molar-refractivity contribution in [2.45, 2.75) is 25.7 Å². The van der Waals surface area contributed by atoms with E-state index >= 15 is 0 Å². The number of nitrogens with zero attached hydrogens (tertiary/aromatic N) is 1. The van der Waals surface area contributed by atoms with Crippen LogP contribution in [0, 0.1) is 17.6 Å². The number of benzene rings is 1. The highest BCUT2D eigenvalue weighted by Gasteiger charge is 2.26. The molecule has 5 nitrogen and oxygen atoms in total. The van der Waals surface area contributed by atoms with Crippen LogP contribution in [0.25, 0.3) is 0 Å². The molecule has 0 radical (unpaired) electrons. The molecule has 1 aromatic heterocycles. The van der Waals surface area contributed by atoms with Crippen LogP contribution in [0.4, 0.5) is 8.78 Å². The van der Waals surface area contributed by atoms with Crippen LogP contribution in [0.2, 0.25) is 0 Å². The van der Waals surface area contributed by atoms with E-state index in [-0.39, 0.29) is 23.1 Å². The molecule has 1 aromatic carbocycles. The highest BCUT2D eigenvalue weighted by atomic mass is 19.1. The number of likely N-dealkylation sites (tertiary alicyclic amines) is 1. The Morgan fingerprint density at radius 2 is 2.12 bits per heavy atom. The number of aromatic amines is 1. The van der Waals surface area contributed by atoms with Gasteiger partial charge in [-0.25, -0.2) is 8.78 Å². The minimum Gasteiger partial charge on any atom is -0.507 e. The Hall–Kier alpha value is -2.70. The molecule has 0 aliphatic carbocycles. The van der Waals surface area contributed by atoms with Crippen LogP contribution in [0.1, 0.15) is 35.2 Å². The Labute approximate surface area is 149 Å². The van der Waals surface area contributed by atoms with E-state index in [4.69, 9.17) is 0 Å². The van der Waals surface area contributed by atoms with Crippen molar-refractivity contribution in [2.24, 2.45) is 5.92 Å². The van der Waals surface area contributed by atoms with Crippen LogP contribution >= 0.6 is 0 Å². The summed E-state index contributed by atoms with van der Waals surface area (Å²) >= 11 is 0. The van der Waals surface area contributed by atoms with Gasteiger partial charge in [0.25, 0.3) is 11.5 Å². The largest absolute Gasteiger partial charge is 0.507 e.